The molecule has 2 nitrogen and oxygen atoms in total. The lowest BCUT2D eigenvalue weighted by atomic mass is 10.0. The molecule has 1 atom stereocenters. The molecule has 90 valence electrons. The van der Waals surface area contributed by atoms with Crippen LogP contribution in [0.25, 0.3) is 0 Å². The Morgan fingerprint density at radius 3 is 2.76 bits per heavy atom. The maximum Gasteiger partial charge on any atom is 0.126 e. The van der Waals surface area contributed by atoms with Crippen LogP contribution in [0.3, 0.4) is 0 Å². The zero-order valence-electron chi connectivity index (χ0n) is 10.0. The maximum absolute atomic E-state index is 13.2. The van der Waals surface area contributed by atoms with Gasteiger partial charge in [-0.05, 0) is 43.3 Å². The van der Waals surface area contributed by atoms with Gasteiger partial charge in [-0.3, -0.25) is 0 Å². The van der Waals surface area contributed by atoms with E-state index in [1.807, 2.05) is 31.3 Å². The smallest absolute Gasteiger partial charge is 0.126 e. The summed E-state index contributed by atoms with van der Waals surface area (Å²) in [6, 6.07) is 9.15. The molecule has 1 N–H and O–H groups in total. The van der Waals surface area contributed by atoms with Crippen LogP contribution in [0.15, 0.2) is 41.0 Å². The van der Waals surface area contributed by atoms with Gasteiger partial charge >= 0.3 is 0 Å². The van der Waals surface area contributed by atoms with Crippen LogP contribution in [0.4, 0.5) is 4.39 Å². The standard InChI is InChI=1S/C14H16FNO/c1-10-8-11(5-6-13(10)15)14(16-2)9-12-4-3-7-17-12/h3-8,14,16H,9H2,1-2H3. The van der Waals surface area contributed by atoms with E-state index < -0.39 is 0 Å². The molecule has 3 heteroatoms. The summed E-state index contributed by atoms with van der Waals surface area (Å²) in [4.78, 5) is 0. The third kappa shape index (κ3) is 2.74. The molecule has 0 aliphatic rings. The van der Waals surface area contributed by atoms with Crippen molar-refractivity contribution in [1.29, 1.82) is 0 Å². The van der Waals surface area contributed by atoms with Crippen LogP contribution in [0.1, 0.15) is 22.9 Å². The summed E-state index contributed by atoms with van der Waals surface area (Å²) in [6.07, 6.45) is 2.42. The number of halogens is 1. The van der Waals surface area contributed by atoms with Crippen LogP contribution >= 0.6 is 0 Å². The molecule has 0 saturated carbocycles. The zero-order valence-corrected chi connectivity index (χ0v) is 10.0. The Balaban J connectivity index is 2.20. The van der Waals surface area contributed by atoms with Crippen LogP contribution in [0, 0.1) is 12.7 Å². The lowest BCUT2D eigenvalue weighted by Crippen LogP contribution is -2.18. The molecular formula is C14H16FNO. The summed E-state index contributed by atoms with van der Waals surface area (Å²) in [6.45, 7) is 1.78. The number of furan rings is 1. The fraction of sp³-hybridized carbons (Fsp3) is 0.286. The number of likely N-dealkylation sites (N-methyl/N-ethyl adjacent to an activating group) is 1. The highest BCUT2D eigenvalue weighted by Crippen LogP contribution is 2.20. The molecule has 1 aromatic heterocycles. The van der Waals surface area contributed by atoms with Crippen molar-refractivity contribution in [1.82, 2.24) is 5.32 Å². The third-order valence-corrected chi connectivity index (χ3v) is 2.92. The molecule has 0 aliphatic heterocycles. The molecule has 0 spiro atoms. The van der Waals surface area contributed by atoms with Gasteiger partial charge < -0.3 is 9.73 Å². The fourth-order valence-corrected chi connectivity index (χ4v) is 1.90. The lowest BCUT2D eigenvalue weighted by molar-refractivity contribution is 0.465. The van der Waals surface area contributed by atoms with Gasteiger partial charge in [-0.25, -0.2) is 4.39 Å². The van der Waals surface area contributed by atoms with Crippen molar-refractivity contribution in [3.05, 3.63) is 59.3 Å². The van der Waals surface area contributed by atoms with Gasteiger partial charge in [0.25, 0.3) is 0 Å². The van der Waals surface area contributed by atoms with Gasteiger partial charge in [-0.2, -0.15) is 0 Å². The van der Waals surface area contributed by atoms with E-state index in [2.05, 4.69) is 5.32 Å². The third-order valence-electron chi connectivity index (χ3n) is 2.92. The number of nitrogens with one attached hydrogen (secondary N) is 1. The van der Waals surface area contributed by atoms with Crippen molar-refractivity contribution in [3.8, 4) is 0 Å². The van der Waals surface area contributed by atoms with Gasteiger partial charge in [-0.1, -0.05) is 12.1 Å². The number of aryl methyl sites for hydroxylation is 1. The van der Waals surface area contributed by atoms with Crippen LogP contribution in [0.2, 0.25) is 0 Å². The Bertz CT molecular complexity index is 479. The van der Waals surface area contributed by atoms with Crippen LogP contribution < -0.4 is 5.32 Å². The normalized spacial score (nSPS) is 12.6. The first-order chi connectivity index (χ1) is 8.20. The Morgan fingerprint density at radius 2 is 2.18 bits per heavy atom. The zero-order chi connectivity index (χ0) is 12.3. The minimum absolute atomic E-state index is 0.139. The molecule has 2 aromatic rings. The molecular weight excluding hydrogens is 217 g/mol. The first kappa shape index (κ1) is 11.9. The number of hydrogen-bond donors (Lipinski definition) is 1. The first-order valence-electron chi connectivity index (χ1n) is 5.66. The topological polar surface area (TPSA) is 25.2 Å². The van der Waals surface area contributed by atoms with Crippen molar-refractivity contribution in [2.24, 2.45) is 0 Å². The predicted octanol–water partition coefficient (Wildman–Crippen LogP) is 3.23. The van der Waals surface area contributed by atoms with Crippen LogP contribution in [-0.2, 0) is 6.42 Å². The van der Waals surface area contributed by atoms with Gasteiger partial charge in [0.1, 0.15) is 11.6 Å². The van der Waals surface area contributed by atoms with Crippen molar-refractivity contribution >= 4 is 0 Å². The number of benzene rings is 1. The van der Waals surface area contributed by atoms with Gasteiger partial charge in [0.05, 0.1) is 6.26 Å². The Kier molecular flexibility index (Phi) is 3.59. The minimum Gasteiger partial charge on any atom is -0.469 e. The first-order valence-corrected chi connectivity index (χ1v) is 5.66. The summed E-state index contributed by atoms with van der Waals surface area (Å²) < 4.78 is 18.5. The molecule has 1 unspecified atom stereocenters. The molecule has 0 radical (unpaired) electrons. The molecule has 17 heavy (non-hydrogen) atoms. The van der Waals surface area contributed by atoms with Crippen molar-refractivity contribution in [2.45, 2.75) is 19.4 Å². The molecule has 1 aromatic carbocycles. The van der Waals surface area contributed by atoms with E-state index in [1.54, 1.807) is 13.2 Å². The number of hydrogen-bond acceptors (Lipinski definition) is 2. The summed E-state index contributed by atoms with van der Waals surface area (Å²) in [7, 11) is 1.90. The second-order valence-electron chi connectivity index (χ2n) is 4.13. The van der Waals surface area contributed by atoms with Crippen molar-refractivity contribution in [3.63, 3.8) is 0 Å². The summed E-state index contributed by atoms with van der Waals surface area (Å²) in [5, 5.41) is 3.22. The average Bonchev–Trinajstić information content (AvgIpc) is 2.82. The quantitative estimate of drug-likeness (QED) is 0.877. The molecule has 2 rings (SSSR count). The highest BCUT2D eigenvalue weighted by molar-refractivity contribution is 5.27. The van der Waals surface area contributed by atoms with E-state index in [4.69, 9.17) is 4.42 Å². The van der Waals surface area contributed by atoms with Gasteiger partial charge in [-0.15, -0.1) is 0 Å². The van der Waals surface area contributed by atoms with Gasteiger partial charge in [0.15, 0.2) is 0 Å². The predicted molar refractivity (Wildman–Crippen MR) is 65.3 cm³/mol. The van der Waals surface area contributed by atoms with E-state index in [0.29, 0.717) is 5.56 Å². The van der Waals surface area contributed by atoms with Gasteiger partial charge in [0, 0.05) is 12.5 Å². The second-order valence-corrected chi connectivity index (χ2v) is 4.13. The molecule has 0 saturated heterocycles. The van der Waals surface area contributed by atoms with Crippen LogP contribution in [0.5, 0.6) is 0 Å². The molecule has 0 fully saturated rings. The Hall–Kier alpha value is -1.61. The Labute approximate surface area is 100 Å². The van der Waals surface area contributed by atoms with E-state index in [0.717, 1.165) is 17.7 Å². The summed E-state index contributed by atoms with van der Waals surface area (Å²) >= 11 is 0. The maximum atomic E-state index is 13.2. The van der Waals surface area contributed by atoms with E-state index in [9.17, 15) is 4.39 Å². The Morgan fingerprint density at radius 1 is 1.35 bits per heavy atom. The largest absolute Gasteiger partial charge is 0.469 e. The molecule has 1 heterocycles. The van der Waals surface area contributed by atoms with Crippen molar-refractivity contribution < 1.29 is 8.81 Å². The lowest BCUT2D eigenvalue weighted by Gasteiger charge is -2.16. The molecule has 0 amide bonds. The van der Waals surface area contributed by atoms with E-state index in [-0.39, 0.29) is 11.9 Å². The molecule has 0 bridgehead atoms. The fourth-order valence-electron chi connectivity index (χ4n) is 1.90. The highest BCUT2D eigenvalue weighted by Gasteiger charge is 2.12. The number of rotatable bonds is 4. The van der Waals surface area contributed by atoms with Crippen LogP contribution in [-0.4, -0.2) is 7.05 Å². The SMILES string of the molecule is CNC(Cc1ccco1)c1ccc(F)c(C)c1. The average molecular weight is 233 g/mol. The van der Waals surface area contributed by atoms with Crippen molar-refractivity contribution in [2.75, 3.05) is 7.05 Å². The molecule has 0 aliphatic carbocycles. The van der Waals surface area contributed by atoms with Gasteiger partial charge in [0.2, 0.25) is 0 Å². The summed E-state index contributed by atoms with van der Waals surface area (Å²) in [5.41, 5.74) is 1.74. The minimum atomic E-state index is -0.165. The monoisotopic (exact) mass is 233 g/mol. The summed E-state index contributed by atoms with van der Waals surface area (Å²) in [5.74, 6) is 0.757. The van der Waals surface area contributed by atoms with E-state index >= 15 is 0 Å². The van der Waals surface area contributed by atoms with E-state index in [1.165, 1.54) is 6.07 Å². The highest BCUT2D eigenvalue weighted by atomic mass is 19.1. The second kappa shape index (κ2) is 5.15.